The van der Waals surface area contributed by atoms with E-state index in [1.54, 1.807) is 23.5 Å². The van der Waals surface area contributed by atoms with E-state index >= 15 is 0 Å². The van der Waals surface area contributed by atoms with E-state index in [9.17, 15) is 5.11 Å². The van der Waals surface area contributed by atoms with E-state index in [1.165, 1.54) is 0 Å². The zero-order valence-electron chi connectivity index (χ0n) is 8.42. The summed E-state index contributed by atoms with van der Waals surface area (Å²) in [5.74, 6) is 0.261. The molecule has 0 spiro atoms. The average Bonchev–Trinajstić information content (AvgIpc) is 2.73. The van der Waals surface area contributed by atoms with E-state index in [-0.39, 0.29) is 5.75 Å². The summed E-state index contributed by atoms with van der Waals surface area (Å²) < 4.78 is 1.09. The Morgan fingerprint density at radius 1 is 1.00 bits per heavy atom. The molecule has 0 bridgehead atoms. The van der Waals surface area contributed by atoms with Crippen molar-refractivity contribution in [1.29, 1.82) is 0 Å². The fourth-order valence-corrected chi connectivity index (χ4v) is 2.57. The smallest absolute Gasteiger partial charge is 0.124 e. The second kappa shape index (κ2) is 3.61. The topological polar surface area (TPSA) is 33.1 Å². The van der Waals surface area contributed by atoms with Gasteiger partial charge in [-0.15, -0.1) is 11.3 Å². The lowest BCUT2D eigenvalue weighted by molar-refractivity contribution is 0.476. The fourth-order valence-electron chi connectivity index (χ4n) is 1.62. The molecule has 0 aliphatic heterocycles. The van der Waals surface area contributed by atoms with Crippen LogP contribution >= 0.6 is 11.3 Å². The van der Waals surface area contributed by atoms with Gasteiger partial charge in [0.05, 0.1) is 10.2 Å². The van der Waals surface area contributed by atoms with Gasteiger partial charge in [0.1, 0.15) is 10.8 Å². The molecule has 0 radical (unpaired) electrons. The lowest BCUT2D eigenvalue weighted by Crippen LogP contribution is -1.73. The fraction of sp³-hybridized carbons (Fsp3) is 0. The van der Waals surface area contributed by atoms with Crippen molar-refractivity contribution in [1.82, 2.24) is 4.98 Å². The molecule has 3 rings (SSSR count). The molecule has 0 aliphatic carbocycles. The van der Waals surface area contributed by atoms with Crippen molar-refractivity contribution < 1.29 is 5.11 Å². The molecular weight excluding hydrogens is 218 g/mol. The number of aromatic nitrogens is 1. The van der Waals surface area contributed by atoms with Gasteiger partial charge in [0.2, 0.25) is 0 Å². The molecular formula is C13H9NOS. The number of aromatic hydroxyl groups is 1. The second-order valence-electron chi connectivity index (χ2n) is 3.54. The molecule has 3 aromatic rings. The van der Waals surface area contributed by atoms with Gasteiger partial charge in [-0.2, -0.15) is 0 Å². The third kappa shape index (κ3) is 1.55. The van der Waals surface area contributed by atoms with Gasteiger partial charge in [0, 0.05) is 11.6 Å². The van der Waals surface area contributed by atoms with Crippen LogP contribution in [0.3, 0.4) is 0 Å². The Hall–Kier alpha value is -1.87. The zero-order chi connectivity index (χ0) is 11.0. The van der Waals surface area contributed by atoms with Crippen LogP contribution in [0.25, 0.3) is 20.8 Å². The first-order valence-electron chi connectivity index (χ1n) is 4.98. The lowest BCUT2D eigenvalue weighted by Gasteiger charge is -1.92. The van der Waals surface area contributed by atoms with Gasteiger partial charge < -0.3 is 5.11 Å². The molecule has 0 saturated carbocycles. The molecule has 3 heteroatoms. The number of rotatable bonds is 1. The van der Waals surface area contributed by atoms with E-state index in [4.69, 9.17) is 0 Å². The molecule has 78 valence electrons. The quantitative estimate of drug-likeness (QED) is 0.688. The average molecular weight is 227 g/mol. The molecule has 0 aliphatic rings. The Kier molecular flexibility index (Phi) is 2.11. The van der Waals surface area contributed by atoms with Gasteiger partial charge in [-0.1, -0.05) is 30.3 Å². The molecule has 16 heavy (non-hydrogen) atoms. The first kappa shape index (κ1) is 9.36. The Labute approximate surface area is 96.8 Å². The largest absolute Gasteiger partial charge is 0.508 e. The third-order valence-electron chi connectivity index (χ3n) is 2.39. The molecule has 0 unspecified atom stereocenters. The van der Waals surface area contributed by atoms with Gasteiger partial charge in [0.15, 0.2) is 0 Å². The molecule has 2 nitrogen and oxygen atoms in total. The van der Waals surface area contributed by atoms with Crippen molar-refractivity contribution >= 4 is 21.6 Å². The highest BCUT2D eigenvalue weighted by Crippen LogP contribution is 2.31. The lowest BCUT2D eigenvalue weighted by atomic mass is 10.2. The molecule has 1 aromatic heterocycles. The van der Waals surface area contributed by atoms with E-state index in [0.29, 0.717) is 0 Å². The maximum atomic E-state index is 9.37. The summed E-state index contributed by atoms with van der Waals surface area (Å²) in [5.41, 5.74) is 1.96. The molecule has 0 saturated heterocycles. The van der Waals surface area contributed by atoms with E-state index in [2.05, 4.69) is 4.98 Å². The summed E-state index contributed by atoms with van der Waals surface area (Å²) in [6, 6.07) is 15.3. The molecule has 1 N–H and O–H groups in total. The van der Waals surface area contributed by atoms with Gasteiger partial charge in [-0.05, 0) is 12.1 Å². The van der Waals surface area contributed by atoms with E-state index in [0.717, 1.165) is 20.8 Å². The standard InChI is InChI=1S/C13H9NOS/c15-10-6-7-12-11(8-10)14-13(16-12)9-4-2-1-3-5-9/h1-8,15H. The van der Waals surface area contributed by atoms with Gasteiger partial charge in [0.25, 0.3) is 0 Å². The summed E-state index contributed by atoms with van der Waals surface area (Å²) in [6.45, 7) is 0. The van der Waals surface area contributed by atoms with Crippen molar-refractivity contribution in [2.24, 2.45) is 0 Å². The first-order valence-corrected chi connectivity index (χ1v) is 5.79. The summed E-state index contributed by atoms with van der Waals surface area (Å²) >= 11 is 1.64. The van der Waals surface area contributed by atoms with Gasteiger partial charge >= 0.3 is 0 Å². The normalized spacial score (nSPS) is 10.8. The monoisotopic (exact) mass is 227 g/mol. The highest BCUT2D eigenvalue weighted by Gasteiger charge is 2.05. The number of hydrogen-bond acceptors (Lipinski definition) is 3. The van der Waals surface area contributed by atoms with Crippen LogP contribution in [0.15, 0.2) is 48.5 Å². The van der Waals surface area contributed by atoms with Crippen LogP contribution in [-0.2, 0) is 0 Å². The molecule has 0 fully saturated rings. The first-order chi connectivity index (χ1) is 7.83. The van der Waals surface area contributed by atoms with Crippen LogP contribution in [0.5, 0.6) is 5.75 Å². The van der Waals surface area contributed by atoms with Crippen molar-refractivity contribution in [3.63, 3.8) is 0 Å². The SMILES string of the molecule is Oc1ccc2sc(-c3ccccc3)nc2c1. The molecule has 1 heterocycles. The van der Waals surface area contributed by atoms with Crippen LogP contribution in [-0.4, -0.2) is 10.1 Å². The number of hydrogen-bond donors (Lipinski definition) is 1. The van der Waals surface area contributed by atoms with Crippen LogP contribution < -0.4 is 0 Å². The van der Waals surface area contributed by atoms with Crippen LogP contribution in [0.4, 0.5) is 0 Å². The maximum absolute atomic E-state index is 9.37. The van der Waals surface area contributed by atoms with Crippen LogP contribution in [0.1, 0.15) is 0 Å². The van der Waals surface area contributed by atoms with Crippen molar-refractivity contribution in [3.05, 3.63) is 48.5 Å². The summed E-state index contributed by atoms with van der Waals surface area (Å²) in [5, 5.41) is 10.4. The molecule has 2 aromatic carbocycles. The van der Waals surface area contributed by atoms with Crippen molar-refractivity contribution in [2.75, 3.05) is 0 Å². The minimum atomic E-state index is 0.261. The second-order valence-corrected chi connectivity index (χ2v) is 4.57. The highest BCUT2D eigenvalue weighted by molar-refractivity contribution is 7.21. The van der Waals surface area contributed by atoms with E-state index < -0.39 is 0 Å². The number of phenolic OH excluding ortho intramolecular Hbond substituents is 1. The van der Waals surface area contributed by atoms with Crippen molar-refractivity contribution in [2.45, 2.75) is 0 Å². The van der Waals surface area contributed by atoms with Gasteiger partial charge in [-0.25, -0.2) is 4.98 Å². The molecule has 0 amide bonds. The number of thiazole rings is 1. The van der Waals surface area contributed by atoms with Crippen LogP contribution in [0.2, 0.25) is 0 Å². The summed E-state index contributed by atoms with van der Waals surface area (Å²) in [7, 11) is 0. The summed E-state index contributed by atoms with van der Waals surface area (Å²) in [6.07, 6.45) is 0. The minimum absolute atomic E-state index is 0.261. The summed E-state index contributed by atoms with van der Waals surface area (Å²) in [4.78, 5) is 4.50. The van der Waals surface area contributed by atoms with Crippen molar-refractivity contribution in [3.8, 4) is 16.3 Å². The predicted molar refractivity (Wildman–Crippen MR) is 66.7 cm³/mol. The Balaban J connectivity index is 2.19. The number of benzene rings is 2. The Morgan fingerprint density at radius 3 is 2.62 bits per heavy atom. The predicted octanol–water partition coefficient (Wildman–Crippen LogP) is 3.67. The van der Waals surface area contributed by atoms with Crippen LogP contribution in [0, 0.1) is 0 Å². The Morgan fingerprint density at radius 2 is 1.81 bits per heavy atom. The highest BCUT2D eigenvalue weighted by atomic mass is 32.1. The number of nitrogens with zero attached hydrogens (tertiary/aromatic N) is 1. The van der Waals surface area contributed by atoms with Gasteiger partial charge in [-0.3, -0.25) is 0 Å². The molecule has 0 atom stereocenters. The van der Waals surface area contributed by atoms with E-state index in [1.807, 2.05) is 36.4 Å². The minimum Gasteiger partial charge on any atom is -0.508 e. The Bertz CT molecular complexity index is 631. The maximum Gasteiger partial charge on any atom is 0.124 e. The number of phenols is 1. The number of fused-ring (bicyclic) bond motifs is 1. The zero-order valence-corrected chi connectivity index (χ0v) is 9.24. The third-order valence-corrected chi connectivity index (χ3v) is 3.48.